The van der Waals surface area contributed by atoms with Gasteiger partial charge in [0, 0.05) is 20.3 Å². The van der Waals surface area contributed by atoms with E-state index < -0.39 is 16.0 Å². The van der Waals surface area contributed by atoms with Crippen molar-refractivity contribution in [3.63, 3.8) is 0 Å². The lowest BCUT2D eigenvalue weighted by Crippen LogP contribution is -2.10. The fourth-order valence-corrected chi connectivity index (χ4v) is 1.53. The SMILES string of the molecule is CN(C)c1ccc(CS(=O)(=O)F)cn1. The van der Waals surface area contributed by atoms with Crippen LogP contribution in [0.15, 0.2) is 18.3 Å². The van der Waals surface area contributed by atoms with E-state index in [2.05, 4.69) is 4.98 Å². The maximum Gasteiger partial charge on any atom is 0.306 e. The van der Waals surface area contributed by atoms with Gasteiger partial charge in [0.1, 0.15) is 11.6 Å². The van der Waals surface area contributed by atoms with Gasteiger partial charge in [-0.3, -0.25) is 0 Å². The Balaban J connectivity index is 2.84. The molecule has 78 valence electrons. The number of aromatic nitrogens is 1. The minimum Gasteiger partial charge on any atom is -0.363 e. The Labute approximate surface area is 82.6 Å². The Hall–Kier alpha value is -1.17. The molecule has 0 aliphatic heterocycles. The number of pyridine rings is 1. The van der Waals surface area contributed by atoms with Crippen molar-refractivity contribution in [2.75, 3.05) is 19.0 Å². The van der Waals surface area contributed by atoms with Crippen LogP contribution in [0.3, 0.4) is 0 Å². The third-order valence-corrected chi connectivity index (χ3v) is 2.28. The molecule has 0 bridgehead atoms. The van der Waals surface area contributed by atoms with E-state index in [4.69, 9.17) is 0 Å². The Morgan fingerprint density at radius 2 is 2.07 bits per heavy atom. The van der Waals surface area contributed by atoms with E-state index in [0.717, 1.165) is 0 Å². The summed E-state index contributed by atoms with van der Waals surface area (Å²) in [5, 5.41) is 0. The molecule has 1 aromatic rings. The summed E-state index contributed by atoms with van der Waals surface area (Å²) in [5.41, 5.74) is 0.345. The van der Waals surface area contributed by atoms with Crippen LogP contribution in [-0.4, -0.2) is 27.5 Å². The normalized spacial score (nSPS) is 11.4. The highest BCUT2D eigenvalue weighted by Gasteiger charge is 2.09. The third kappa shape index (κ3) is 3.29. The number of hydrogen-bond donors (Lipinski definition) is 0. The van der Waals surface area contributed by atoms with Gasteiger partial charge in [0.15, 0.2) is 0 Å². The fourth-order valence-electron chi connectivity index (χ4n) is 0.966. The first-order valence-electron chi connectivity index (χ1n) is 3.93. The monoisotopic (exact) mass is 218 g/mol. The highest BCUT2D eigenvalue weighted by molar-refractivity contribution is 7.85. The average Bonchev–Trinajstić information content (AvgIpc) is 2.02. The molecule has 0 atom stereocenters. The minimum atomic E-state index is -4.46. The van der Waals surface area contributed by atoms with Crippen LogP contribution in [0.2, 0.25) is 0 Å². The minimum absolute atomic E-state index is 0.345. The van der Waals surface area contributed by atoms with Crippen LogP contribution in [0.1, 0.15) is 5.56 Å². The Morgan fingerprint density at radius 3 is 2.43 bits per heavy atom. The van der Waals surface area contributed by atoms with Crippen LogP contribution in [0, 0.1) is 0 Å². The predicted molar refractivity (Wildman–Crippen MR) is 52.3 cm³/mol. The number of nitrogens with zero attached hydrogens (tertiary/aromatic N) is 2. The third-order valence-electron chi connectivity index (χ3n) is 1.61. The van der Waals surface area contributed by atoms with E-state index in [-0.39, 0.29) is 0 Å². The summed E-state index contributed by atoms with van der Waals surface area (Å²) in [6.07, 6.45) is 1.35. The predicted octanol–water partition coefficient (Wildman–Crippen LogP) is 0.947. The quantitative estimate of drug-likeness (QED) is 0.709. The van der Waals surface area contributed by atoms with Gasteiger partial charge >= 0.3 is 10.2 Å². The van der Waals surface area contributed by atoms with E-state index in [1.807, 2.05) is 14.1 Å². The van der Waals surface area contributed by atoms with Crippen molar-refractivity contribution in [2.45, 2.75) is 5.75 Å². The van der Waals surface area contributed by atoms with Crippen molar-refractivity contribution in [1.29, 1.82) is 0 Å². The van der Waals surface area contributed by atoms with Gasteiger partial charge < -0.3 is 4.90 Å². The van der Waals surface area contributed by atoms with E-state index in [1.165, 1.54) is 6.20 Å². The molecule has 1 heterocycles. The molecule has 0 fully saturated rings. The molecule has 0 aromatic carbocycles. The topological polar surface area (TPSA) is 50.3 Å². The molecule has 0 unspecified atom stereocenters. The van der Waals surface area contributed by atoms with Gasteiger partial charge in [-0.25, -0.2) is 4.98 Å². The summed E-state index contributed by atoms with van der Waals surface area (Å²) in [7, 11) is -0.837. The van der Waals surface area contributed by atoms with Gasteiger partial charge in [-0.05, 0) is 11.6 Å². The van der Waals surface area contributed by atoms with Crippen LogP contribution in [0.4, 0.5) is 9.70 Å². The summed E-state index contributed by atoms with van der Waals surface area (Å²) < 4.78 is 32.9. The van der Waals surface area contributed by atoms with Crippen molar-refractivity contribution < 1.29 is 12.3 Å². The highest BCUT2D eigenvalue weighted by Crippen LogP contribution is 2.10. The average molecular weight is 218 g/mol. The second kappa shape index (κ2) is 3.91. The number of hydrogen-bond acceptors (Lipinski definition) is 4. The Kier molecular flexibility index (Phi) is 3.05. The van der Waals surface area contributed by atoms with E-state index in [0.29, 0.717) is 11.4 Å². The number of anilines is 1. The molecule has 1 aromatic heterocycles. The van der Waals surface area contributed by atoms with Gasteiger partial charge in [0.25, 0.3) is 0 Å². The molecule has 4 nitrogen and oxygen atoms in total. The van der Waals surface area contributed by atoms with Crippen molar-refractivity contribution in [1.82, 2.24) is 4.98 Å². The van der Waals surface area contributed by atoms with Crippen LogP contribution in [-0.2, 0) is 16.0 Å². The summed E-state index contributed by atoms with van der Waals surface area (Å²) >= 11 is 0. The van der Waals surface area contributed by atoms with Gasteiger partial charge in [0.05, 0.1) is 0 Å². The first-order valence-corrected chi connectivity index (χ1v) is 5.48. The maximum atomic E-state index is 12.3. The first kappa shape index (κ1) is 10.9. The molecule has 6 heteroatoms. The Bertz CT molecular complexity index is 400. The highest BCUT2D eigenvalue weighted by atomic mass is 32.3. The Morgan fingerprint density at radius 1 is 1.43 bits per heavy atom. The van der Waals surface area contributed by atoms with Gasteiger partial charge in [0.2, 0.25) is 0 Å². The molecule has 0 saturated carbocycles. The second-order valence-corrected chi connectivity index (χ2v) is 4.47. The van der Waals surface area contributed by atoms with E-state index >= 15 is 0 Å². The largest absolute Gasteiger partial charge is 0.363 e. The van der Waals surface area contributed by atoms with Crippen molar-refractivity contribution in [3.8, 4) is 0 Å². The first-order chi connectivity index (χ1) is 6.38. The van der Waals surface area contributed by atoms with Crippen LogP contribution in [0.5, 0.6) is 0 Å². The fraction of sp³-hybridized carbons (Fsp3) is 0.375. The molecule has 0 aliphatic rings. The van der Waals surface area contributed by atoms with E-state index in [1.54, 1.807) is 17.0 Å². The van der Waals surface area contributed by atoms with Crippen LogP contribution < -0.4 is 4.90 Å². The zero-order valence-electron chi connectivity index (χ0n) is 7.94. The standard InChI is InChI=1S/C8H11FN2O2S/c1-11(2)8-4-3-7(5-10-8)6-14(9,12)13/h3-5H,6H2,1-2H3. The smallest absolute Gasteiger partial charge is 0.306 e. The van der Waals surface area contributed by atoms with Crippen molar-refractivity contribution in [3.05, 3.63) is 23.9 Å². The summed E-state index contributed by atoms with van der Waals surface area (Å²) in [6.45, 7) is 0. The molecule has 1 rings (SSSR count). The summed E-state index contributed by atoms with van der Waals surface area (Å²) in [5.74, 6) is 0.0817. The zero-order valence-corrected chi connectivity index (χ0v) is 8.75. The second-order valence-electron chi connectivity index (χ2n) is 3.10. The van der Waals surface area contributed by atoms with E-state index in [9.17, 15) is 12.3 Å². The van der Waals surface area contributed by atoms with Crippen LogP contribution >= 0.6 is 0 Å². The van der Waals surface area contributed by atoms with Crippen molar-refractivity contribution >= 4 is 16.0 Å². The lowest BCUT2D eigenvalue weighted by Gasteiger charge is -2.10. The molecule has 14 heavy (non-hydrogen) atoms. The van der Waals surface area contributed by atoms with Gasteiger partial charge in [-0.2, -0.15) is 8.42 Å². The number of halogens is 1. The molecule has 0 radical (unpaired) electrons. The summed E-state index contributed by atoms with van der Waals surface area (Å²) in [6, 6.07) is 3.18. The summed E-state index contributed by atoms with van der Waals surface area (Å²) in [4.78, 5) is 5.73. The molecular formula is C8H11FN2O2S. The maximum absolute atomic E-state index is 12.3. The molecule has 0 saturated heterocycles. The van der Waals surface area contributed by atoms with Gasteiger partial charge in [-0.1, -0.05) is 6.07 Å². The van der Waals surface area contributed by atoms with Crippen molar-refractivity contribution in [2.24, 2.45) is 0 Å². The molecule has 0 N–H and O–H groups in total. The van der Waals surface area contributed by atoms with Gasteiger partial charge in [-0.15, -0.1) is 3.89 Å². The molecule has 0 aliphatic carbocycles. The lowest BCUT2D eigenvalue weighted by molar-refractivity contribution is 0.551. The van der Waals surface area contributed by atoms with Crippen LogP contribution in [0.25, 0.3) is 0 Å². The molecular weight excluding hydrogens is 207 g/mol. The zero-order chi connectivity index (χ0) is 10.8. The number of rotatable bonds is 3. The lowest BCUT2D eigenvalue weighted by atomic mass is 10.3. The molecule has 0 amide bonds. The molecule has 0 spiro atoms.